The Hall–Kier alpha value is -3.91. The van der Waals surface area contributed by atoms with Gasteiger partial charge in [0.2, 0.25) is 5.91 Å². The Morgan fingerprint density at radius 3 is 2.50 bits per heavy atom. The summed E-state index contributed by atoms with van der Waals surface area (Å²) < 4.78 is 12.8. The normalized spacial score (nSPS) is 10.7. The molecular weight excluding hydrogens is 474 g/mol. The van der Waals surface area contributed by atoms with Gasteiger partial charge in [-0.2, -0.15) is 0 Å². The lowest BCUT2D eigenvalue weighted by atomic mass is 10.2. The first-order valence-corrected chi connectivity index (χ1v) is 12.7. The summed E-state index contributed by atoms with van der Waals surface area (Å²) in [6.07, 6.45) is 2.04. The van der Waals surface area contributed by atoms with E-state index in [1.165, 1.54) is 11.8 Å². The van der Waals surface area contributed by atoms with Crippen molar-refractivity contribution in [3.63, 3.8) is 0 Å². The highest BCUT2D eigenvalue weighted by Crippen LogP contribution is 2.30. The van der Waals surface area contributed by atoms with Crippen molar-refractivity contribution >= 4 is 40.2 Å². The molecule has 4 rings (SSSR count). The molecule has 2 N–H and O–H groups in total. The van der Waals surface area contributed by atoms with Gasteiger partial charge in [0, 0.05) is 40.8 Å². The van der Waals surface area contributed by atoms with E-state index in [2.05, 4.69) is 15.2 Å². The molecule has 0 atom stereocenters. The van der Waals surface area contributed by atoms with Gasteiger partial charge in [0.15, 0.2) is 0 Å². The van der Waals surface area contributed by atoms with E-state index >= 15 is 0 Å². The van der Waals surface area contributed by atoms with Crippen molar-refractivity contribution in [3.8, 4) is 11.5 Å². The summed E-state index contributed by atoms with van der Waals surface area (Å²) in [6, 6.07) is 22.6. The molecule has 0 radical (unpaired) electrons. The number of ether oxygens (including phenoxy) is 2. The molecular formula is C28H29N3O4S. The van der Waals surface area contributed by atoms with Crippen LogP contribution < -0.4 is 20.1 Å². The predicted octanol–water partition coefficient (Wildman–Crippen LogP) is 5.21. The van der Waals surface area contributed by atoms with Crippen LogP contribution in [0.15, 0.2) is 83.9 Å². The van der Waals surface area contributed by atoms with E-state index in [-0.39, 0.29) is 17.6 Å². The molecule has 0 saturated carbocycles. The third-order valence-corrected chi connectivity index (χ3v) is 6.59. The lowest BCUT2D eigenvalue weighted by Gasteiger charge is -2.10. The number of thioether (sulfide) groups is 1. The minimum absolute atomic E-state index is 0.0786. The van der Waals surface area contributed by atoms with Crippen molar-refractivity contribution in [1.29, 1.82) is 0 Å². The molecule has 8 heteroatoms. The lowest BCUT2D eigenvalue weighted by Crippen LogP contribution is -2.27. The number of fused-ring (bicyclic) bond motifs is 1. The van der Waals surface area contributed by atoms with E-state index in [4.69, 9.17) is 9.47 Å². The van der Waals surface area contributed by atoms with Crippen LogP contribution in [0.4, 0.5) is 5.69 Å². The van der Waals surface area contributed by atoms with Gasteiger partial charge < -0.3 is 24.7 Å². The van der Waals surface area contributed by atoms with Gasteiger partial charge in [0.1, 0.15) is 11.5 Å². The summed E-state index contributed by atoms with van der Waals surface area (Å²) in [5.74, 6) is 1.35. The van der Waals surface area contributed by atoms with Gasteiger partial charge in [-0.15, -0.1) is 11.8 Å². The minimum atomic E-state index is -0.176. The van der Waals surface area contributed by atoms with E-state index in [1.54, 1.807) is 19.2 Å². The fourth-order valence-electron chi connectivity index (χ4n) is 3.87. The average Bonchev–Trinajstić information content (AvgIpc) is 3.26. The first-order valence-electron chi connectivity index (χ1n) is 11.7. The Morgan fingerprint density at radius 2 is 1.72 bits per heavy atom. The van der Waals surface area contributed by atoms with Crippen LogP contribution in [0.3, 0.4) is 0 Å². The van der Waals surface area contributed by atoms with Crippen LogP contribution in [0, 0.1) is 0 Å². The molecule has 0 aliphatic heterocycles. The first kappa shape index (κ1) is 25.2. The standard InChI is InChI=1S/C28H29N3O4S/c1-3-35-21-14-12-20(13-15-21)30-27(32)19-36-26-18-31(24-10-6-4-8-22(24)26)17-16-29-28(33)23-9-5-7-11-25(23)34-2/h4-15,18H,3,16-17,19H2,1-2H3,(H,29,33)(H,30,32). The molecule has 2 amide bonds. The molecule has 1 aromatic heterocycles. The minimum Gasteiger partial charge on any atom is -0.496 e. The van der Waals surface area contributed by atoms with Gasteiger partial charge in [0.25, 0.3) is 5.91 Å². The van der Waals surface area contributed by atoms with E-state index in [0.29, 0.717) is 31.0 Å². The molecule has 0 spiro atoms. The number of aromatic nitrogens is 1. The molecule has 0 saturated heterocycles. The van der Waals surface area contributed by atoms with Gasteiger partial charge in [-0.25, -0.2) is 0 Å². The second-order valence-electron chi connectivity index (χ2n) is 7.95. The quantitative estimate of drug-likeness (QED) is 0.275. The maximum Gasteiger partial charge on any atom is 0.255 e. The van der Waals surface area contributed by atoms with E-state index < -0.39 is 0 Å². The zero-order valence-corrected chi connectivity index (χ0v) is 21.1. The van der Waals surface area contributed by atoms with E-state index in [1.807, 2.05) is 73.8 Å². The third-order valence-electron chi connectivity index (χ3n) is 5.55. The van der Waals surface area contributed by atoms with Crippen molar-refractivity contribution < 1.29 is 19.1 Å². The largest absolute Gasteiger partial charge is 0.496 e. The number of benzene rings is 3. The fourth-order valence-corrected chi connectivity index (χ4v) is 4.76. The second-order valence-corrected chi connectivity index (χ2v) is 8.97. The Kier molecular flexibility index (Phi) is 8.52. The number of amides is 2. The van der Waals surface area contributed by atoms with Crippen LogP contribution in [-0.2, 0) is 11.3 Å². The number of nitrogens with zero attached hydrogens (tertiary/aromatic N) is 1. The van der Waals surface area contributed by atoms with Gasteiger partial charge in [0.05, 0.1) is 25.0 Å². The van der Waals surface area contributed by atoms with Crippen molar-refractivity contribution in [2.24, 2.45) is 0 Å². The van der Waals surface area contributed by atoms with Gasteiger partial charge >= 0.3 is 0 Å². The fraction of sp³-hybridized carbons (Fsp3) is 0.214. The highest BCUT2D eigenvalue weighted by Gasteiger charge is 2.13. The molecule has 0 fully saturated rings. The molecule has 186 valence electrons. The maximum absolute atomic E-state index is 12.6. The Morgan fingerprint density at radius 1 is 0.972 bits per heavy atom. The SMILES string of the molecule is CCOc1ccc(NC(=O)CSc2cn(CCNC(=O)c3ccccc3OC)c3ccccc23)cc1. The number of anilines is 1. The monoisotopic (exact) mass is 503 g/mol. The molecule has 36 heavy (non-hydrogen) atoms. The summed E-state index contributed by atoms with van der Waals surface area (Å²) in [5, 5.41) is 6.97. The molecule has 7 nitrogen and oxygen atoms in total. The summed E-state index contributed by atoms with van der Waals surface area (Å²) in [4.78, 5) is 26.2. The first-order chi connectivity index (χ1) is 17.6. The Balaban J connectivity index is 1.36. The Labute approximate surface area is 214 Å². The van der Waals surface area contributed by atoms with Crippen molar-refractivity contribution in [3.05, 3.63) is 84.6 Å². The van der Waals surface area contributed by atoms with Gasteiger partial charge in [-0.3, -0.25) is 9.59 Å². The van der Waals surface area contributed by atoms with Crippen molar-refractivity contribution in [1.82, 2.24) is 9.88 Å². The number of carbonyl (C=O) groups is 2. The number of carbonyl (C=O) groups excluding carboxylic acids is 2. The zero-order valence-electron chi connectivity index (χ0n) is 20.3. The molecule has 0 unspecified atom stereocenters. The summed E-state index contributed by atoms with van der Waals surface area (Å²) in [5.41, 5.74) is 2.29. The number of para-hydroxylation sites is 2. The number of hydrogen-bond acceptors (Lipinski definition) is 5. The van der Waals surface area contributed by atoms with Crippen LogP contribution in [-0.4, -0.2) is 42.4 Å². The number of hydrogen-bond donors (Lipinski definition) is 2. The van der Waals surface area contributed by atoms with E-state index in [0.717, 1.165) is 27.2 Å². The van der Waals surface area contributed by atoms with E-state index in [9.17, 15) is 9.59 Å². The van der Waals surface area contributed by atoms with Gasteiger partial charge in [-0.1, -0.05) is 30.3 Å². The smallest absolute Gasteiger partial charge is 0.255 e. The highest BCUT2D eigenvalue weighted by atomic mass is 32.2. The Bertz CT molecular complexity index is 1330. The van der Waals surface area contributed by atoms with Crippen LogP contribution >= 0.6 is 11.8 Å². The lowest BCUT2D eigenvalue weighted by molar-refractivity contribution is -0.113. The molecule has 0 aliphatic carbocycles. The molecule has 3 aromatic carbocycles. The number of methoxy groups -OCH3 is 1. The van der Waals surface area contributed by atoms with Crippen molar-refractivity contribution in [2.45, 2.75) is 18.4 Å². The summed E-state index contributed by atoms with van der Waals surface area (Å²) >= 11 is 1.49. The molecule has 0 bridgehead atoms. The number of nitrogens with one attached hydrogen (secondary N) is 2. The molecule has 4 aromatic rings. The van der Waals surface area contributed by atoms with Crippen molar-refractivity contribution in [2.75, 3.05) is 31.3 Å². The van der Waals surface area contributed by atoms with Crippen LogP contribution in [0.25, 0.3) is 10.9 Å². The second kappa shape index (κ2) is 12.2. The van der Waals surface area contributed by atoms with Crippen LogP contribution in [0.5, 0.6) is 11.5 Å². The maximum atomic E-state index is 12.6. The molecule has 1 heterocycles. The predicted molar refractivity (Wildman–Crippen MR) is 144 cm³/mol. The van der Waals surface area contributed by atoms with Crippen LogP contribution in [0.2, 0.25) is 0 Å². The summed E-state index contributed by atoms with van der Waals surface area (Å²) in [6.45, 7) is 3.59. The van der Waals surface area contributed by atoms with Crippen LogP contribution in [0.1, 0.15) is 17.3 Å². The van der Waals surface area contributed by atoms with Gasteiger partial charge in [-0.05, 0) is 49.4 Å². The molecule has 0 aliphatic rings. The third kappa shape index (κ3) is 6.20. The topological polar surface area (TPSA) is 81.6 Å². The average molecular weight is 504 g/mol. The summed E-state index contributed by atoms with van der Waals surface area (Å²) in [7, 11) is 1.55. The number of rotatable bonds is 11. The zero-order chi connectivity index (χ0) is 25.3. The highest BCUT2D eigenvalue weighted by molar-refractivity contribution is 8.00.